The maximum atomic E-state index is 13.2. The summed E-state index contributed by atoms with van der Waals surface area (Å²) in [5.41, 5.74) is 6.90. The molecule has 1 unspecified atom stereocenters. The molecule has 0 aliphatic rings. The van der Waals surface area contributed by atoms with Gasteiger partial charge in [-0.1, -0.05) is 23.7 Å². The Balaban J connectivity index is 2.17. The molecule has 2 rings (SSSR count). The normalized spacial score (nSPS) is 11.9. The molecule has 104 valence electrons. The van der Waals surface area contributed by atoms with E-state index in [0.29, 0.717) is 5.02 Å². The third-order valence-electron chi connectivity index (χ3n) is 2.96. The van der Waals surface area contributed by atoms with E-state index in [9.17, 15) is 9.18 Å². The molecule has 0 fully saturated rings. The fourth-order valence-corrected chi connectivity index (χ4v) is 2.06. The van der Waals surface area contributed by atoms with E-state index in [4.69, 9.17) is 17.3 Å². The van der Waals surface area contributed by atoms with Crippen LogP contribution in [0, 0.1) is 5.82 Å². The summed E-state index contributed by atoms with van der Waals surface area (Å²) in [4.78, 5) is 12.1. The number of nitrogens with one attached hydrogen (secondary N) is 1. The second kappa shape index (κ2) is 5.92. The van der Waals surface area contributed by atoms with Crippen molar-refractivity contribution in [3.05, 3.63) is 64.4 Å². The van der Waals surface area contributed by atoms with Gasteiger partial charge in [-0.2, -0.15) is 0 Å². The first-order valence-electron chi connectivity index (χ1n) is 6.08. The molecule has 0 aliphatic carbocycles. The molecule has 2 aromatic rings. The minimum Gasteiger partial charge on any atom is -0.398 e. The Hall–Kier alpha value is -2.07. The first-order chi connectivity index (χ1) is 9.47. The first-order valence-corrected chi connectivity index (χ1v) is 6.46. The quantitative estimate of drug-likeness (QED) is 0.850. The van der Waals surface area contributed by atoms with Crippen LogP contribution < -0.4 is 11.1 Å². The zero-order valence-electron chi connectivity index (χ0n) is 10.9. The van der Waals surface area contributed by atoms with Crippen molar-refractivity contribution in [2.75, 3.05) is 5.73 Å². The number of rotatable bonds is 3. The van der Waals surface area contributed by atoms with Crippen LogP contribution in [0.2, 0.25) is 5.02 Å². The predicted octanol–water partition coefficient (Wildman–Crippen LogP) is 3.55. The topological polar surface area (TPSA) is 55.1 Å². The lowest BCUT2D eigenvalue weighted by molar-refractivity contribution is 0.0940. The molecule has 1 atom stereocenters. The van der Waals surface area contributed by atoms with Crippen LogP contribution in [0.4, 0.5) is 10.1 Å². The van der Waals surface area contributed by atoms with E-state index in [0.717, 1.165) is 11.6 Å². The summed E-state index contributed by atoms with van der Waals surface area (Å²) in [6.45, 7) is 1.82. The summed E-state index contributed by atoms with van der Waals surface area (Å²) in [7, 11) is 0. The smallest absolute Gasteiger partial charge is 0.253 e. The van der Waals surface area contributed by atoms with E-state index in [1.807, 2.05) is 13.0 Å². The van der Waals surface area contributed by atoms with Crippen molar-refractivity contribution in [3.8, 4) is 0 Å². The van der Waals surface area contributed by atoms with Crippen LogP contribution in [0.1, 0.15) is 28.9 Å². The van der Waals surface area contributed by atoms with Gasteiger partial charge in [0, 0.05) is 10.7 Å². The number of benzene rings is 2. The van der Waals surface area contributed by atoms with Crippen LogP contribution in [-0.4, -0.2) is 5.91 Å². The summed E-state index contributed by atoms with van der Waals surface area (Å²) < 4.78 is 13.2. The molecular formula is C15H14ClFN2O. The third kappa shape index (κ3) is 3.27. The van der Waals surface area contributed by atoms with E-state index in [1.165, 1.54) is 12.1 Å². The highest BCUT2D eigenvalue weighted by molar-refractivity contribution is 6.30. The Kier molecular flexibility index (Phi) is 4.25. The fraction of sp³-hybridized carbons (Fsp3) is 0.133. The lowest BCUT2D eigenvalue weighted by atomic mass is 10.1. The van der Waals surface area contributed by atoms with Crippen molar-refractivity contribution in [2.45, 2.75) is 13.0 Å². The second-order valence-electron chi connectivity index (χ2n) is 4.48. The summed E-state index contributed by atoms with van der Waals surface area (Å²) in [5, 5.41) is 3.36. The molecule has 20 heavy (non-hydrogen) atoms. The molecule has 0 saturated heterocycles. The van der Waals surface area contributed by atoms with Gasteiger partial charge in [0.1, 0.15) is 5.82 Å². The van der Waals surface area contributed by atoms with E-state index in [-0.39, 0.29) is 17.3 Å². The molecule has 2 aromatic carbocycles. The van der Waals surface area contributed by atoms with Gasteiger partial charge in [0.25, 0.3) is 5.91 Å². The number of halogens is 2. The van der Waals surface area contributed by atoms with Gasteiger partial charge in [0.15, 0.2) is 0 Å². The summed E-state index contributed by atoms with van der Waals surface area (Å²) in [6.07, 6.45) is 0. The average molecular weight is 293 g/mol. The SMILES string of the molecule is CC(NC(=O)c1cc(F)ccc1N)c1cccc(Cl)c1. The van der Waals surface area contributed by atoms with E-state index in [1.54, 1.807) is 18.2 Å². The number of nitrogens with two attached hydrogens (primary N) is 1. The number of nitrogen functional groups attached to an aromatic ring is 1. The molecule has 0 bridgehead atoms. The number of carbonyl (C=O) groups is 1. The van der Waals surface area contributed by atoms with Gasteiger partial charge in [0.05, 0.1) is 11.6 Å². The predicted molar refractivity (Wildman–Crippen MR) is 78.1 cm³/mol. The largest absolute Gasteiger partial charge is 0.398 e. The van der Waals surface area contributed by atoms with Gasteiger partial charge >= 0.3 is 0 Å². The van der Waals surface area contributed by atoms with Crippen LogP contribution >= 0.6 is 11.6 Å². The van der Waals surface area contributed by atoms with E-state index in [2.05, 4.69) is 5.32 Å². The molecule has 5 heteroatoms. The van der Waals surface area contributed by atoms with Crippen molar-refractivity contribution in [2.24, 2.45) is 0 Å². The third-order valence-corrected chi connectivity index (χ3v) is 3.19. The van der Waals surface area contributed by atoms with Crippen LogP contribution in [0.25, 0.3) is 0 Å². The molecule has 0 aromatic heterocycles. The van der Waals surface area contributed by atoms with Crippen molar-refractivity contribution in [1.29, 1.82) is 0 Å². The average Bonchev–Trinajstić information content (AvgIpc) is 2.41. The highest BCUT2D eigenvalue weighted by Crippen LogP contribution is 2.19. The van der Waals surface area contributed by atoms with Crippen LogP contribution in [0.5, 0.6) is 0 Å². The highest BCUT2D eigenvalue weighted by atomic mass is 35.5. The van der Waals surface area contributed by atoms with Crippen molar-refractivity contribution in [3.63, 3.8) is 0 Å². The molecule has 3 N–H and O–H groups in total. The van der Waals surface area contributed by atoms with Crippen molar-refractivity contribution in [1.82, 2.24) is 5.32 Å². The first kappa shape index (κ1) is 14.3. The lowest BCUT2D eigenvalue weighted by Crippen LogP contribution is -2.27. The van der Waals surface area contributed by atoms with Gasteiger partial charge < -0.3 is 11.1 Å². The Morgan fingerprint density at radius 3 is 2.75 bits per heavy atom. The monoisotopic (exact) mass is 292 g/mol. The van der Waals surface area contributed by atoms with Gasteiger partial charge in [0.2, 0.25) is 0 Å². The van der Waals surface area contributed by atoms with Crippen LogP contribution in [0.15, 0.2) is 42.5 Å². The standard InChI is InChI=1S/C15H14ClFN2O/c1-9(10-3-2-4-11(16)7-10)19-15(20)13-8-12(17)5-6-14(13)18/h2-9H,18H2,1H3,(H,19,20). The molecule has 0 saturated carbocycles. The second-order valence-corrected chi connectivity index (χ2v) is 4.92. The molecule has 3 nitrogen and oxygen atoms in total. The zero-order valence-corrected chi connectivity index (χ0v) is 11.6. The Morgan fingerprint density at radius 1 is 1.30 bits per heavy atom. The fourth-order valence-electron chi connectivity index (χ4n) is 1.86. The minimum absolute atomic E-state index is 0.124. The highest BCUT2D eigenvalue weighted by Gasteiger charge is 2.14. The number of carbonyl (C=O) groups excluding carboxylic acids is 1. The van der Waals surface area contributed by atoms with Crippen molar-refractivity contribution < 1.29 is 9.18 Å². The number of hydrogen-bond acceptors (Lipinski definition) is 2. The molecule has 0 heterocycles. The summed E-state index contributed by atoms with van der Waals surface area (Å²) >= 11 is 5.91. The molecule has 0 aliphatic heterocycles. The number of hydrogen-bond donors (Lipinski definition) is 2. The molecule has 0 radical (unpaired) electrons. The molecule has 0 spiro atoms. The molecule has 1 amide bonds. The zero-order chi connectivity index (χ0) is 14.7. The van der Waals surface area contributed by atoms with Gasteiger partial charge in [-0.3, -0.25) is 4.79 Å². The van der Waals surface area contributed by atoms with Gasteiger partial charge in [-0.25, -0.2) is 4.39 Å². The van der Waals surface area contributed by atoms with Gasteiger partial charge in [-0.15, -0.1) is 0 Å². The van der Waals surface area contributed by atoms with Crippen molar-refractivity contribution >= 4 is 23.2 Å². The summed E-state index contributed by atoms with van der Waals surface area (Å²) in [5.74, 6) is -0.922. The number of anilines is 1. The Bertz CT molecular complexity index is 646. The maximum Gasteiger partial charge on any atom is 0.253 e. The van der Waals surface area contributed by atoms with Gasteiger partial charge in [-0.05, 0) is 42.8 Å². The van der Waals surface area contributed by atoms with E-state index < -0.39 is 11.7 Å². The summed E-state index contributed by atoms with van der Waals surface area (Å²) in [6, 6.07) is 10.6. The lowest BCUT2D eigenvalue weighted by Gasteiger charge is -2.15. The minimum atomic E-state index is -0.500. The van der Waals surface area contributed by atoms with Crippen LogP contribution in [0.3, 0.4) is 0 Å². The van der Waals surface area contributed by atoms with E-state index >= 15 is 0 Å². The Morgan fingerprint density at radius 2 is 2.05 bits per heavy atom. The maximum absolute atomic E-state index is 13.2. The van der Waals surface area contributed by atoms with Crippen LogP contribution in [-0.2, 0) is 0 Å². The molecular weight excluding hydrogens is 279 g/mol. The Labute approximate surface area is 121 Å². The number of amides is 1.